The fourth-order valence-electron chi connectivity index (χ4n) is 2.05. The molecule has 0 radical (unpaired) electrons. The molecule has 0 unspecified atom stereocenters. The van der Waals surface area contributed by atoms with Crippen LogP contribution in [0.25, 0.3) is 6.08 Å². The van der Waals surface area contributed by atoms with Crippen molar-refractivity contribution >= 4 is 17.6 Å². The van der Waals surface area contributed by atoms with E-state index in [1.54, 1.807) is 30.3 Å². The average Bonchev–Trinajstić information content (AvgIpc) is 2.54. The number of phenolic OH excluding ortho intramolecular Hbond substituents is 1. The molecule has 2 aromatic rings. The molecule has 1 N–H and O–H groups in total. The Hall–Kier alpha value is -2.88. The number of allylic oxidation sites excluding steroid dienone is 1. The van der Waals surface area contributed by atoms with Crippen molar-refractivity contribution in [1.82, 2.24) is 0 Å². The van der Waals surface area contributed by atoms with Crippen molar-refractivity contribution < 1.29 is 19.4 Å². The summed E-state index contributed by atoms with van der Waals surface area (Å²) in [6.07, 6.45) is 2.78. The van der Waals surface area contributed by atoms with Crippen LogP contribution in [0.2, 0.25) is 0 Å². The van der Waals surface area contributed by atoms with Gasteiger partial charge in [-0.1, -0.05) is 42.0 Å². The van der Waals surface area contributed by atoms with Crippen LogP contribution in [-0.4, -0.2) is 23.8 Å². The SMILES string of the molecule is COc1cc(C=CC(=O)CC(=O)c2ccc(C)cc2)ccc1O. The number of ketones is 2. The molecule has 0 aliphatic rings. The van der Waals surface area contributed by atoms with Gasteiger partial charge in [-0.25, -0.2) is 0 Å². The summed E-state index contributed by atoms with van der Waals surface area (Å²) in [4.78, 5) is 23.9. The summed E-state index contributed by atoms with van der Waals surface area (Å²) in [6, 6.07) is 11.9. The lowest BCUT2D eigenvalue weighted by atomic mass is 10.0. The Labute approximate surface area is 135 Å². The topological polar surface area (TPSA) is 63.6 Å². The van der Waals surface area contributed by atoms with Crippen LogP contribution in [0.1, 0.15) is 27.9 Å². The Kier molecular flexibility index (Phi) is 5.31. The van der Waals surface area contributed by atoms with E-state index in [-0.39, 0.29) is 23.7 Å². The molecule has 4 heteroatoms. The maximum atomic E-state index is 12.0. The Morgan fingerprint density at radius 3 is 2.48 bits per heavy atom. The molecule has 0 heterocycles. The van der Waals surface area contributed by atoms with Crippen LogP contribution in [0.5, 0.6) is 11.5 Å². The van der Waals surface area contributed by atoms with Crippen LogP contribution >= 0.6 is 0 Å². The fraction of sp³-hybridized carbons (Fsp3) is 0.158. The van der Waals surface area contributed by atoms with Crippen molar-refractivity contribution in [3.05, 3.63) is 65.2 Å². The van der Waals surface area contributed by atoms with E-state index in [9.17, 15) is 14.7 Å². The first-order valence-corrected chi connectivity index (χ1v) is 7.17. The van der Waals surface area contributed by atoms with Crippen molar-refractivity contribution in [2.45, 2.75) is 13.3 Å². The summed E-state index contributed by atoms with van der Waals surface area (Å²) >= 11 is 0. The lowest BCUT2D eigenvalue weighted by Crippen LogP contribution is -2.05. The summed E-state index contributed by atoms with van der Waals surface area (Å²) in [5, 5.41) is 9.52. The number of carbonyl (C=O) groups is 2. The maximum Gasteiger partial charge on any atom is 0.170 e. The van der Waals surface area contributed by atoms with E-state index in [0.717, 1.165) is 5.56 Å². The number of methoxy groups -OCH3 is 1. The zero-order valence-corrected chi connectivity index (χ0v) is 13.1. The van der Waals surface area contributed by atoms with Gasteiger partial charge in [0.2, 0.25) is 0 Å². The van der Waals surface area contributed by atoms with Gasteiger partial charge in [0.1, 0.15) is 0 Å². The van der Waals surface area contributed by atoms with Gasteiger partial charge in [0.25, 0.3) is 0 Å². The first-order chi connectivity index (χ1) is 11.0. The molecule has 0 amide bonds. The molecule has 0 fully saturated rings. The first-order valence-electron chi connectivity index (χ1n) is 7.17. The third-order valence-electron chi connectivity index (χ3n) is 3.37. The molecule has 23 heavy (non-hydrogen) atoms. The van der Waals surface area contributed by atoms with Crippen molar-refractivity contribution in [2.75, 3.05) is 7.11 Å². The van der Waals surface area contributed by atoms with E-state index < -0.39 is 0 Å². The predicted molar refractivity (Wildman–Crippen MR) is 88.8 cm³/mol. The molecular weight excluding hydrogens is 292 g/mol. The molecule has 0 spiro atoms. The minimum atomic E-state index is -0.275. The number of hydrogen-bond acceptors (Lipinski definition) is 4. The lowest BCUT2D eigenvalue weighted by molar-refractivity contribution is -0.113. The molecule has 0 aliphatic carbocycles. The monoisotopic (exact) mass is 310 g/mol. The summed E-state index contributed by atoms with van der Waals surface area (Å²) < 4.78 is 5.00. The highest BCUT2D eigenvalue weighted by Crippen LogP contribution is 2.26. The van der Waals surface area contributed by atoms with E-state index in [4.69, 9.17) is 4.74 Å². The van der Waals surface area contributed by atoms with E-state index >= 15 is 0 Å². The van der Waals surface area contributed by atoms with Crippen molar-refractivity contribution in [1.29, 1.82) is 0 Å². The smallest absolute Gasteiger partial charge is 0.170 e. The molecule has 0 bridgehead atoms. The van der Waals surface area contributed by atoms with Gasteiger partial charge in [-0.05, 0) is 30.7 Å². The number of ether oxygens (including phenoxy) is 1. The molecule has 0 saturated carbocycles. The van der Waals surface area contributed by atoms with E-state index in [1.165, 1.54) is 19.3 Å². The average molecular weight is 310 g/mol. The van der Waals surface area contributed by atoms with Crippen LogP contribution in [0.3, 0.4) is 0 Å². The standard InChI is InChI=1S/C19H18O4/c1-13-3-7-15(8-4-13)18(22)12-16(20)9-5-14-6-10-17(21)19(11-14)23-2/h3-11,21H,12H2,1-2H3. The fourth-order valence-corrected chi connectivity index (χ4v) is 2.05. The van der Waals surface area contributed by atoms with Crippen LogP contribution in [-0.2, 0) is 4.79 Å². The van der Waals surface area contributed by atoms with Gasteiger partial charge in [0.05, 0.1) is 13.5 Å². The molecule has 4 nitrogen and oxygen atoms in total. The van der Waals surface area contributed by atoms with Crippen molar-refractivity contribution in [3.8, 4) is 11.5 Å². The summed E-state index contributed by atoms with van der Waals surface area (Å²) in [7, 11) is 1.45. The number of rotatable bonds is 6. The molecule has 0 atom stereocenters. The van der Waals surface area contributed by atoms with Gasteiger partial charge in [-0.3, -0.25) is 9.59 Å². The number of aryl methyl sites for hydroxylation is 1. The number of benzene rings is 2. The van der Waals surface area contributed by atoms with Crippen molar-refractivity contribution in [3.63, 3.8) is 0 Å². The highest BCUT2D eigenvalue weighted by Gasteiger charge is 2.09. The van der Waals surface area contributed by atoms with E-state index in [0.29, 0.717) is 16.9 Å². The second-order valence-electron chi connectivity index (χ2n) is 5.20. The molecule has 0 aromatic heterocycles. The highest BCUT2D eigenvalue weighted by atomic mass is 16.5. The molecule has 0 saturated heterocycles. The molecule has 0 aliphatic heterocycles. The van der Waals surface area contributed by atoms with Gasteiger partial charge in [0.15, 0.2) is 23.1 Å². The maximum absolute atomic E-state index is 12.0. The van der Waals surface area contributed by atoms with Gasteiger partial charge < -0.3 is 9.84 Å². The highest BCUT2D eigenvalue weighted by molar-refractivity contribution is 6.12. The second kappa shape index (κ2) is 7.40. The Bertz CT molecular complexity index is 742. The number of phenols is 1. The predicted octanol–water partition coefficient (Wildman–Crippen LogP) is 3.56. The third-order valence-corrected chi connectivity index (χ3v) is 3.37. The molecule has 2 aromatic carbocycles. The van der Waals surface area contributed by atoms with Gasteiger partial charge in [0, 0.05) is 5.56 Å². The Morgan fingerprint density at radius 2 is 1.83 bits per heavy atom. The van der Waals surface area contributed by atoms with Crippen LogP contribution in [0, 0.1) is 6.92 Å². The van der Waals surface area contributed by atoms with Crippen LogP contribution < -0.4 is 4.74 Å². The normalized spacial score (nSPS) is 10.7. The zero-order chi connectivity index (χ0) is 16.8. The molecular formula is C19H18O4. The minimum Gasteiger partial charge on any atom is -0.504 e. The lowest BCUT2D eigenvalue weighted by Gasteiger charge is -2.03. The Morgan fingerprint density at radius 1 is 1.13 bits per heavy atom. The minimum absolute atomic E-state index is 0.0329. The second-order valence-corrected chi connectivity index (χ2v) is 5.20. The molecule has 118 valence electrons. The van der Waals surface area contributed by atoms with E-state index in [2.05, 4.69) is 0 Å². The number of aromatic hydroxyl groups is 1. The zero-order valence-electron chi connectivity index (χ0n) is 13.1. The number of hydrogen-bond donors (Lipinski definition) is 1. The quantitative estimate of drug-likeness (QED) is 0.503. The van der Waals surface area contributed by atoms with Crippen LogP contribution in [0.15, 0.2) is 48.5 Å². The Balaban J connectivity index is 2.01. The summed E-state index contributed by atoms with van der Waals surface area (Å²) in [5.74, 6) is -0.119. The van der Waals surface area contributed by atoms with Gasteiger partial charge in [-0.15, -0.1) is 0 Å². The largest absolute Gasteiger partial charge is 0.504 e. The summed E-state index contributed by atoms with van der Waals surface area (Å²) in [6.45, 7) is 1.94. The summed E-state index contributed by atoms with van der Waals surface area (Å²) in [5.41, 5.74) is 2.30. The number of carbonyl (C=O) groups excluding carboxylic acids is 2. The van der Waals surface area contributed by atoms with E-state index in [1.807, 2.05) is 19.1 Å². The van der Waals surface area contributed by atoms with Gasteiger partial charge in [-0.2, -0.15) is 0 Å². The van der Waals surface area contributed by atoms with Crippen LogP contribution in [0.4, 0.5) is 0 Å². The third kappa shape index (κ3) is 4.54. The van der Waals surface area contributed by atoms with Crippen molar-refractivity contribution in [2.24, 2.45) is 0 Å². The first kappa shape index (κ1) is 16.5. The van der Waals surface area contributed by atoms with Gasteiger partial charge >= 0.3 is 0 Å². The molecule has 2 rings (SSSR count). The number of Topliss-reactive ketones (excluding diaryl/α,β-unsaturated/α-hetero) is 1.